The summed E-state index contributed by atoms with van der Waals surface area (Å²) >= 11 is 1.56. The molecule has 9 rings (SSSR count). The maximum absolute atomic E-state index is 11.5. The van der Waals surface area contributed by atoms with Gasteiger partial charge < -0.3 is 186 Å². The predicted molar refractivity (Wildman–Crippen MR) is 287 cm³/mol. The quantitative estimate of drug-likeness (QED) is 0.0567. The van der Waals surface area contributed by atoms with Crippen molar-refractivity contribution in [2.75, 3.05) is 56.0 Å². The fourth-order valence-corrected chi connectivity index (χ4v) is 11.3. The molecule has 516 valence electrons. The summed E-state index contributed by atoms with van der Waals surface area (Å²) in [4.78, 5) is 22.9. The van der Waals surface area contributed by atoms with Crippen molar-refractivity contribution in [1.82, 2.24) is 0 Å². The Balaban J connectivity index is 1.57. The minimum absolute atomic E-state index is 0.230. The van der Waals surface area contributed by atoms with Crippen LogP contribution < -0.4 is 11.5 Å². The van der Waals surface area contributed by atoms with Crippen molar-refractivity contribution >= 4 is 35.5 Å². The van der Waals surface area contributed by atoms with E-state index in [4.69, 9.17) is 63.6 Å². The molecule has 4 fully saturated rings. The summed E-state index contributed by atoms with van der Waals surface area (Å²) in [5, 5.41) is 261. The highest BCUT2D eigenvalue weighted by molar-refractivity contribution is 7.99. The lowest BCUT2D eigenvalue weighted by atomic mass is 9.96. The highest BCUT2D eigenvalue weighted by atomic mass is 32.2. The Labute approximate surface area is 511 Å². The molecule has 89 heavy (non-hydrogen) atoms. The second-order valence-corrected chi connectivity index (χ2v) is 22.8. The van der Waals surface area contributed by atoms with E-state index in [9.17, 15) is 132 Å². The van der Waals surface area contributed by atoms with Gasteiger partial charge in [-0.3, -0.25) is 9.59 Å². The zero-order valence-electron chi connectivity index (χ0n) is 46.7. The molecule has 0 spiro atoms. The highest BCUT2D eigenvalue weighted by Crippen LogP contribution is 2.37. The van der Waals surface area contributed by atoms with E-state index < -0.39 is 277 Å². The largest absolute Gasteiger partial charge is 0.506 e. The summed E-state index contributed by atoms with van der Waals surface area (Å²) in [5.41, 5.74) is 11.2. The molecule has 28 atom stereocenters. The van der Waals surface area contributed by atoms with Gasteiger partial charge in [-0.25, -0.2) is 0 Å². The second-order valence-electron chi connectivity index (χ2n) is 20.6. The number of fused-ring (bicyclic) bond motifs is 4. The molecule has 41 heteroatoms. The standard InChI is InChI=1S/C48H80N2O37S2/c49-13(40(70)71)10-88-6-3-17-24(58)29(63)42(74)77-15(1-4-51)22(56)30(64)43(75)84-36-18(7-53)80-45(32(66)25(36)59)78-16(2-5-52)23(57)31(65)44(76)85-39-21(12-89-11-14(50)41(72)73)83-48(35(69)28(39)62)87-38-20(9-55)82-47(34(68)27(38)61)86-37-19(8-54)81-46(79-17)33(67)26(37)60/h13-21,25-28,32-39,42-48,51-69,74-76H,1-12,49-50H2,(H,70,71)(H,72,73)/b29-24-,30-22-,31-23-/t13-,14-,15-,16-,17-,18?,19?,20?,21?,25?,26-,27?,28-,32?,33?,34?,35?,36-,37-,38-,39-,42+,43-,44-,45+,46-,47+,48-/m1/s1. The van der Waals surface area contributed by atoms with Crippen molar-refractivity contribution < 1.29 is 184 Å². The van der Waals surface area contributed by atoms with Crippen LogP contribution in [0.1, 0.15) is 19.3 Å². The average molecular weight is 1340 g/mol. The van der Waals surface area contributed by atoms with Crippen LogP contribution in [-0.2, 0) is 61.7 Å². The SMILES string of the molecule is N[C@H](CSCC[C@H]1O[C@@H]2OC(CO)[C@@H](O[C@@H]3OC(CO)[C@@H](O[C@H]4OC(CSC[C@@H](N)C(=O)O)[C@@H](O[C@@H](O)/C(O)=C(/O)[C@@H](CCO)O[C@H]5OC(CO)[C@@H](O[C@@H](O)/C(O)=C(/O)[C@@H](CCO)O[C@H](O)/C(O)=C\1O)C(O)C5O)[C@H](O)C4O)C(O)C3O)[C@H](O)C2O)C(=O)O. The molecule has 10 unspecified atom stereocenters. The van der Waals surface area contributed by atoms with Gasteiger partial charge in [0.05, 0.1) is 25.9 Å². The van der Waals surface area contributed by atoms with Crippen LogP contribution in [0.3, 0.4) is 0 Å². The van der Waals surface area contributed by atoms with Gasteiger partial charge in [0.15, 0.2) is 59.7 Å². The summed E-state index contributed by atoms with van der Waals surface area (Å²) in [5.74, 6) is -13.3. The number of thioether (sulfide) groups is 2. The zero-order valence-corrected chi connectivity index (χ0v) is 48.3. The van der Waals surface area contributed by atoms with Crippen molar-refractivity contribution in [3.8, 4) is 0 Å². The number of hydrogen-bond acceptors (Lipinski definition) is 39. The first-order valence-electron chi connectivity index (χ1n) is 27.2. The number of aliphatic carboxylic acids is 2. The Morgan fingerprint density at radius 2 is 0.663 bits per heavy atom. The van der Waals surface area contributed by atoms with E-state index >= 15 is 0 Å². The van der Waals surface area contributed by atoms with E-state index in [1.165, 1.54) is 0 Å². The Hall–Kier alpha value is -3.50. The van der Waals surface area contributed by atoms with E-state index in [1.807, 2.05) is 0 Å². The number of carboxylic acid groups (broad SMARTS) is 2. The minimum atomic E-state index is -2.82. The van der Waals surface area contributed by atoms with Crippen LogP contribution in [0.25, 0.3) is 0 Å². The number of aliphatic hydroxyl groups excluding tert-OH is 22. The lowest BCUT2D eigenvalue weighted by Gasteiger charge is -2.48. The summed E-state index contributed by atoms with van der Waals surface area (Å²) in [6.45, 7) is -5.37. The Bertz CT molecular complexity index is 2310. The molecule has 8 bridgehead atoms. The first kappa shape index (κ1) is 76.2. The predicted octanol–water partition coefficient (Wildman–Crippen LogP) is -10.2. The second kappa shape index (κ2) is 35.1. The average Bonchev–Trinajstić information content (AvgIpc) is 1.57. The van der Waals surface area contributed by atoms with Crippen LogP contribution in [0.15, 0.2) is 34.6 Å². The Morgan fingerprint density at radius 3 is 1.01 bits per heavy atom. The van der Waals surface area contributed by atoms with Gasteiger partial charge in [0, 0.05) is 43.3 Å². The fourth-order valence-electron chi connectivity index (χ4n) is 9.37. The Kier molecular flexibility index (Phi) is 30.1. The number of carboxylic acids is 2. The topological polar surface area (TPSA) is 673 Å². The third-order valence-corrected chi connectivity index (χ3v) is 16.6. The third-order valence-electron chi connectivity index (χ3n) is 14.4. The van der Waals surface area contributed by atoms with Gasteiger partial charge >= 0.3 is 11.9 Å². The van der Waals surface area contributed by atoms with Gasteiger partial charge in [-0.1, -0.05) is 0 Å². The molecule has 0 aromatic carbocycles. The summed E-state index contributed by atoms with van der Waals surface area (Å²) < 4.78 is 61.4. The monoisotopic (exact) mass is 1340 g/mol. The molecule has 39 nitrogen and oxygen atoms in total. The number of ether oxygens (including phenoxy) is 11. The van der Waals surface area contributed by atoms with Crippen molar-refractivity contribution in [3.05, 3.63) is 34.6 Å². The number of carbonyl (C=O) groups is 2. The lowest BCUT2D eigenvalue weighted by molar-refractivity contribution is -0.381. The number of aliphatic hydroxyl groups is 22. The normalized spacial score (nSPS) is 43.7. The van der Waals surface area contributed by atoms with Gasteiger partial charge in [-0.05, 0) is 12.2 Å². The molecule has 0 aromatic rings. The van der Waals surface area contributed by atoms with Crippen LogP contribution in [0, 0.1) is 0 Å². The van der Waals surface area contributed by atoms with Crippen LogP contribution in [-0.4, -0.2) is 363 Å². The third kappa shape index (κ3) is 19.1. The van der Waals surface area contributed by atoms with Gasteiger partial charge in [-0.15, -0.1) is 0 Å². The summed E-state index contributed by atoms with van der Waals surface area (Å²) in [6, 6.07) is -2.94. The van der Waals surface area contributed by atoms with Crippen LogP contribution >= 0.6 is 23.5 Å². The Morgan fingerprint density at radius 1 is 0.371 bits per heavy atom. The van der Waals surface area contributed by atoms with Crippen LogP contribution in [0.5, 0.6) is 0 Å². The van der Waals surface area contributed by atoms with Gasteiger partial charge in [-0.2, -0.15) is 23.5 Å². The molecular weight excluding hydrogens is 1260 g/mol. The van der Waals surface area contributed by atoms with Crippen LogP contribution in [0.4, 0.5) is 0 Å². The maximum Gasteiger partial charge on any atom is 0.321 e. The van der Waals surface area contributed by atoms with Gasteiger partial charge in [0.2, 0.25) is 18.9 Å². The van der Waals surface area contributed by atoms with Crippen molar-refractivity contribution in [2.45, 2.75) is 191 Å². The highest BCUT2D eigenvalue weighted by Gasteiger charge is 2.55. The number of hydrogen-bond donors (Lipinski definition) is 26. The molecule has 9 aliphatic rings. The van der Waals surface area contributed by atoms with E-state index in [1.54, 1.807) is 0 Å². The smallest absolute Gasteiger partial charge is 0.321 e. The molecule has 9 aliphatic heterocycles. The van der Waals surface area contributed by atoms with E-state index in [0.29, 0.717) is 0 Å². The summed E-state index contributed by atoms with van der Waals surface area (Å²) in [7, 11) is 0. The van der Waals surface area contributed by atoms with Gasteiger partial charge in [0.1, 0.15) is 122 Å². The molecule has 0 aromatic heterocycles. The molecule has 0 amide bonds. The zero-order chi connectivity index (χ0) is 66.5. The van der Waals surface area contributed by atoms with E-state index in [-0.39, 0.29) is 17.3 Å². The molecule has 9 heterocycles. The van der Waals surface area contributed by atoms with E-state index in [0.717, 1.165) is 23.5 Å². The molecule has 28 N–H and O–H groups in total. The fraction of sp³-hybridized carbons (Fsp3) is 0.833. The first-order valence-corrected chi connectivity index (χ1v) is 29.5. The van der Waals surface area contributed by atoms with Crippen LogP contribution in [0.2, 0.25) is 0 Å². The molecular formula is C48H80N2O37S2. The number of nitrogens with two attached hydrogens (primary N) is 2. The lowest BCUT2D eigenvalue weighted by Crippen LogP contribution is -2.67. The van der Waals surface area contributed by atoms with Crippen molar-refractivity contribution in [2.24, 2.45) is 11.5 Å². The molecule has 0 radical (unpaired) electrons. The summed E-state index contributed by atoms with van der Waals surface area (Å²) in [6.07, 6.45) is -59.6. The number of rotatable bonds is 18. The molecule has 0 saturated carbocycles. The van der Waals surface area contributed by atoms with Gasteiger partial charge in [0.25, 0.3) is 0 Å². The molecule has 0 aliphatic carbocycles. The van der Waals surface area contributed by atoms with Crippen molar-refractivity contribution in [1.29, 1.82) is 0 Å². The maximum atomic E-state index is 11.5. The first-order chi connectivity index (χ1) is 42.0. The molecule has 4 saturated heterocycles. The minimum Gasteiger partial charge on any atom is -0.506 e. The van der Waals surface area contributed by atoms with E-state index in [2.05, 4.69) is 0 Å². The van der Waals surface area contributed by atoms with Crippen molar-refractivity contribution in [3.63, 3.8) is 0 Å².